The van der Waals surface area contributed by atoms with Crippen molar-refractivity contribution in [2.45, 2.75) is 37.6 Å². The summed E-state index contributed by atoms with van der Waals surface area (Å²) in [7, 11) is 1.41. The largest absolute Gasteiger partial charge is 0.388 e. The van der Waals surface area contributed by atoms with Gasteiger partial charge in [-0.15, -0.1) is 0 Å². The molecular weight excluding hydrogens is 218 g/mol. The molecule has 1 aliphatic rings. The lowest BCUT2D eigenvalue weighted by Crippen LogP contribution is -2.64. The molecule has 0 aliphatic carbocycles. The summed E-state index contributed by atoms with van der Waals surface area (Å²) in [5.74, 6) is -0.427. The van der Waals surface area contributed by atoms with Crippen LogP contribution in [0.25, 0.3) is 0 Å². The average molecular weight is 235 g/mol. The fourth-order valence-corrected chi connectivity index (χ4v) is 1.64. The van der Waals surface area contributed by atoms with Gasteiger partial charge in [-0.3, -0.25) is 4.79 Å². The van der Waals surface area contributed by atoms with Crippen LogP contribution in [0.1, 0.15) is 6.92 Å². The van der Waals surface area contributed by atoms with E-state index in [1.807, 2.05) is 0 Å². The maximum absolute atomic E-state index is 10.8. The summed E-state index contributed by atoms with van der Waals surface area (Å²) in [6, 6.07) is -1.04. The zero-order valence-electron chi connectivity index (χ0n) is 9.16. The molecule has 5 atom stereocenters. The first kappa shape index (κ1) is 13.3. The lowest BCUT2D eigenvalue weighted by molar-refractivity contribution is -0.255. The molecule has 0 bridgehead atoms. The van der Waals surface area contributed by atoms with E-state index < -0.39 is 36.6 Å². The molecule has 16 heavy (non-hydrogen) atoms. The maximum atomic E-state index is 10.8. The van der Waals surface area contributed by atoms with E-state index >= 15 is 0 Å². The molecule has 0 aromatic rings. The Labute approximate surface area is 93.0 Å². The first-order valence-corrected chi connectivity index (χ1v) is 4.93. The Hall–Kier alpha value is -0.730. The molecule has 0 radical (unpaired) electrons. The van der Waals surface area contributed by atoms with Crippen molar-refractivity contribution in [2.24, 2.45) is 0 Å². The molecule has 1 amide bonds. The van der Waals surface area contributed by atoms with Gasteiger partial charge in [0.1, 0.15) is 24.4 Å². The second-order valence-electron chi connectivity index (χ2n) is 3.73. The molecule has 3 unspecified atom stereocenters. The van der Waals surface area contributed by atoms with Gasteiger partial charge in [0.2, 0.25) is 5.91 Å². The van der Waals surface area contributed by atoms with Gasteiger partial charge in [-0.2, -0.15) is 0 Å². The summed E-state index contributed by atoms with van der Waals surface area (Å²) in [5.41, 5.74) is 0. The van der Waals surface area contributed by atoms with E-state index in [0.717, 1.165) is 0 Å². The number of nitrogens with one attached hydrogen (secondary N) is 1. The van der Waals surface area contributed by atoms with Crippen molar-refractivity contribution >= 4 is 5.91 Å². The molecule has 1 aliphatic heterocycles. The lowest BCUT2D eigenvalue weighted by atomic mass is 9.97. The van der Waals surface area contributed by atoms with Crippen LogP contribution in [0.5, 0.6) is 0 Å². The van der Waals surface area contributed by atoms with E-state index in [4.69, 9.17) is 9.47 Å². The van der Waals surface area contributed by atoms with Gasteiger partial charge in [0.25, 0.3) is 0 Å². The highest BCUT2D eigenvalue weighted by molar-refractivity contribution is 5.73. The molecule has 7 heteroatoms. The highest BCUT2D eigenvalue weighted by Crippen LogP contribution is 2.20. The fraction of sp³-hybridized carbons (Fsp3) is 0.889. The summed E-state index contributed by atoms with van der Waals surface area (Å²) in [5, 5.41) is 31.2. The first-order valence-electron chi connectivity index (χ1n) is 4.93. The van der Waals surface area contributed by atoms with E-state index in [9.17, 15) is 20.1 Å². The monoisotopic (exact) mass is 235 g/mol. The number of rotatable bonds is 3. The molecule has 7 nitrogen and oxygen atoms in total. The molecule has 0 spiro atoms. The van der Waals surface area contributed by atoms with Crippen LogP contribution in [0.4, 0.5) is 0 Å². The number of ether oxygens (including phenoxy) is 2. The van der Waals surface area contributed by atoms with Crippen molar-refractivity contribution in [3.63, 3.8) is 0 Å². The number of methoxy groups -OCH3 is 1. The molecule has 1 rings (SSSR count). The van der Waals surface area contributed by atoms with Crippen LogP contribution in [0, 0.1) is 0 Å². The van der Waals surface area contributed by atoms with Gasteiger partial charge in [-0.05, 0) is 0 Å². The maximum Gasteiger partial charge on any atom is 0.217 e. The van der Waals surface area contributed by atoms with Crippen molar-refractivity contribution in [3.8, 4) is 0 Å². The Morgan fingerprint density at radius 2 is 2.00 bits per heavy atom. The van der Waals surface area contributed by atoms with Crippen molar-refractivity contribution in [1.29, 1.82) is 0 Å². The Kier molecular flexibility index (Phi) is 4.63. The van der Waals surface area contributed by atoms with E-state index in [-0.39, 0.29) is 6.61 Å². The minimum Gasteiger partial charge on any atom is -0.388 e. The van der Waals surface area contributed by atoms with Crippen molar-refractivity contribution in [1.82, 2.24) is 5.32 Å². The molecular formula is C9H17NO6. The van der Waals surface area contributed by atoms with Crippen LogP contribution in [-0.2, 0) is 14.3 Å². The third-order valence-electron chi connectivity index (χ3n) is 2.42. The van der Waals surface area contributed by atoms with Crippen LogP contribution < -0.4 is 5.32 Å². The summed E-state index contributed by atoms with van der Waals surface area (Å²) in [6.45, 7) is 1.29. The molecule has 1 saturated heterocycles. The van der Waals surface area contributed by atoms with E-state index in [0.29, 0.717) is 0 Å². The molecule has 0 aromatic carbocycles. The Morgan fingerprint density at radius 3 is 2.50 bits per heavy atom. The molecule has 0 saturated carbocycles. The summed E-state index contributed by atoms with van der Waals surface area (Å²) < 4.78 is 9.80. The van der Waals surface area contributed by atoms with Gasteiger partial charge in [0.15, 0.2) is 6.29 Å². The Bertz CT molecular complexity index is 248. The number of hydrogen-bond donors (Lipinski definition) is 4. The molecule has 1 fully saturated rings. The van der Waals surface area contributed by atoms with Crippen LogP contribution >= 0.6 is 0 Å². The number of aliphatic hydroxyl groups excluding tert-OH is 3. The predicted molar refractivity (Wildman–Crippen MR) is 52.4 cm³/mol. The minimum absolute atomic E-state index is 0.0437. The topological polar surface area (TPSA) is 108 Å². The number of hydrogen-bond acceptors (Lipinski definition) is 6. The molecule has 94 valence electrons. The van der Waals surface area contributed by atoms with E-state index in [1.54, 1.807) is 0 Å². The average Bonchev–Trinajstić information content (AvgIpc) is 2.21. The Morgan fingerprint density at radius 1 is 1.38 bits per heavy atom. The minimum atomic E-state index is -1.37. The summed E-state index contributed by atoms with van der Waals surface area (Å²) in [4.78, 5) is 10.8. The normalized spacial score (nSPS) is 39.4. The third kappa shape index (κ3) is 2.89. The molecule has 4 N–H and O–H groups in total. The highest BCUT2D eigenvalue weighted by Gasteiger charge is 2.44. The molecule has 1 heterocycles. The van der Waals surface area contributed by atoms with Gasteiger partial charge < -0.3 is 30.1 Å². The van der Waals surface area contributed by atoms with Crippen molar-refractivity contribution in [2.75, 3.05) is 13.7 Å². The zero-order valence-corrected chi connectivity index (χ0v) is 9.16. The molecule has 0 aromatic heterocycles. The van der Waals surface area contributed by atoms with Gasteiger partial charge in [-0.1, -0.05) is 0 Å². The summed E-state index contributed by atoms with van der Waals surface area (Å²) in [6.07, 6.45) is -4.71. The second-order valence-corrected chi connectivity index (χ2v) is 3.73. The second kappa shape index (κ2) is 5.55. The lowest BCUT2D eigenvalue weighted by Gasteiger charge is -2.40. The quantitative estimate of drug-likeness (QED) is 0.433. The zero-order chi connectivity index (χ0) is 12.3. The number of amides is 1. The van der Waals surface area contributed by atoms with Crippen LogP contribution in [0.15, 0.2) is 0 Å². The van der Waals surface area contributed by atoms with Crippen molar-refractivity contribution in [3.05, 3.63) is 0 Å². The Balaban J connectivity index is 2.67. The number of carbonyl (C=O) groups is 1. The van der Waals surface area contributed by atoms with Crippen LogP contribution in [0.3, 0.4) is 0 Å². The fourth-order valence-electron chi connectivity index (χ4n) is 1.64. The smallest absolute Gasteiger partial charge is 0.217 e. The van der Waals surface area contributed by atoms with E-state index in [1.165, 1.54) is 14.0 Å². The number of carbonyl (C=O) groups excluding carboxylic acids is 1. The number of aliphatic hydroxyl groups is 3. The summed E-state index contributed by atoms with van der Waals surface area (Å²) >= 11 is 0. The van der Waals surface area contributed by atoms with Crippen molar-refractivity contribution < 1.29 is 29.6 Å². The SMILES string of the molecule is COCC1O[C@@H](O)C(NC(C)=O)C(O)[C@@H]1O. The standard InChI is InChI=1S/C9H17NO6/c1-4(11)10-6-8(13)7(12)5(3-15-2)16-9(6)14/h5-9,12-14H,3H2,1-2H3,(H,10,11)/t5?,6?,7-,8?,9-/m1/s1. The van der Waals surface area contributed by atoms with E-state index in [2.05, 4.69) is 5.32 Å². The van der Waals surface area contributed by atoms with Gasteiger partial charge in [-0.25, -0.2) is 0 Å². The van der Waals surface area contributed by atoms with Crippen LogP contribution in [0.2, 0.25) is 0 Å². The first-order chi connectivity index (χ1) is 7.47. The predicted octanol–water partition coefficient (Wildman–Crippen LogP) is -2.42. The third-order valence-corrected chi connectivity index (χ3v) is 2.42. The highest BCUT2D eigenvalue weighted by atomic mass is 16.6. The van der Waals surface area contributed by atoms with Gasteiger partial charge in [0, 0.05) is 14.0 Å². The van der Waals surface area contributed by atoms with Crippen LogP contribution in [-0.4, -0.2) is 65.6 Å². The van der Waals surface area contributed by atoms with Gasteiger partial charge >= 0.3 is 0 Å². The van der Waals surface area contributed by atoms with Gasteiger partial charge in [0.05, 0.1) is 6.61 Å².